The molecule has 1 unspecified atom stereocenters. The van der Waals surface area contributed by atoms with Gasteiger partial charge in [-0.15, -0.1) is 0 Å². The number of ether oxygens (including phenoxy) is 1. The van der Waals surface area contributed by atoms with Crippen molar-refractivity contribution in [3.8, 4) is 5.75 Å². The smallest absolute Gasteiger partial charge is 0.137 e. The van der Waals surface area contributed by atoms with Gasteiger partial charge >= 0.3 is 0 Å². The second-order valence-corrected chi connectivity index (χ2v) is 4.89. The molecule has 0 aliphatic heterocycles. The summed E-state index contributed by atoms with van der Waals surface area (Å²) < 4.78 is 5.60. The average molecular weight is 250 g/mol. The minimum Gasteiger partial charge on any atom is -0.492 e. The van der Waals surface area contributed by atoms with Crippen LogP contribution >= 0.6 is 0 Å². The fourth-order valence-electron chi connectivity index (χ4n) is 1.87. The fraction of sp³-hybridized carbons (Fsp3) is 0.667. The first-order chi connectivity index (χ1) is 8.76. The summed E-state index contributed by atoms with van der Waals surface area (Å²) in [7, 11) is 0. The van der Waals surface area contributed by atoms with Crippen molar-refractivity contribution in [3.05, 3.63) is 24.0 Å². The van der Waals surface area contributed by atoms with Crippen molar-refractivity contribution >= 4 is 0 Å². The van der Waals surface area contributed by atoms with Crippen molar-refractivity contribution in [1.29, 1.82) is 0 Å². The molecule has 1 aromatic rings. The van der Waals surface area contributed by atoms with Gasteiger partial charge in [0, 0.05) is 6.20 Å². The first kappa shape index (κ1) is 15.0. The largest absolute Gasteiger partial charge is 0.492 e. The maximum Gasteiger partial charge on any atom is 0.137 e. The Kier molecular flexibility index (Phi) is 7.42. The molecule has 0 aliphatic carbocycles. The van der Waals surface area contributed by atoms with Gasteiger partial charge < -0.3 is 10.1 Å². The number of nitrogens with one attached hydrogen (secondary N) is 1. The Balaban J connectivity index is 2.40. The van der Waals surface area contributed by atoms with Gasteiger partial charge in [-0.1, -0.05) is 20.8 Å². The zero-order valence-corrected chi connectivity index (χ0v) is 11.9. The van der Waals surface area contributed by atoms with E-state index in [0.29, 0.717) is 5.92 Å². The van der Waals surface area contributed by atoms with Crippen LogP contribution in [0.1, 0.15) is 39.2 Å². The van der Waals surface area contributed by atoms with Gasteiger partial charge in [0.25, 0.3) is 0 Å². The summed E-state index contributed by atoms with van der Waals surface area (Å²) in [5, 5.41) is 3.45. The van der Waals surface area contributed by atoms with Crippen molar-refractivity contribution < 1.29 is 4.74 Å². The SMILES string of the molecule is CCCNCC(C)Cc1cncc(OCCC)c1. The van der Waals surface area contributed by atoms with Gasteiger partial charge in [-0.2, -0.15) is 0 Å². The lowest BCUT2D eigenvalue weighted by Crippen LogP contribution is -2.23. The molecule has 1 N–H and O–H groups in total. The van der Waals surface area contributed by atoms with Crippen LogP contribution in [0.25, 0.3) is 0 Å². The van der Waals surface area contributed by atoms with Crippen LogP contribution in [0.2, 0.25) is 0 Å². The molecule has 0 saturated carbocycles. The molecule has 18 heavy (non-hydrogen) atoms. The van der Waals surface area contributed by atoms with E-state index in [9.17, 15) is 0 Å². The van der Waals surface area contributed by atoms with E-state index < -0.39 is 0 Å². The minimum absolute atomic E-state index is 0.625. The number of hydrogen-bond acceptors (Lipinski definition) is 3. The summed E-state index contributed by atoms with van der Waals surface area (Å²) in [5.74, 6) is 1.52. The highest BCUT2D eigenvalue weighted by molar-refractivity contribution is 5.23. The van der Waals surface area contributed by atoms with Gasteiger partial charge in [0.1, 0.15) is 5.75 Å². The van der Waals surface area contributed by atoms with Crippen LogP contribution in [0.15, 0.2) is 18.5 Å². The van der Waals surface area contributed by atoms with Crippen LogP contribution in [0, 0.1) is 5.92 Å². The number of pyridine rings is 1. The molecule has 0 fully saturated rings. The van der Waals surface area contributed by atoms with Gasteiger partial charge in [0.2, 0.25) is 0 Å². The Bertz CT molecular complexity index is 328. The van der Waals surface area contributed by atoms with Crippen LogP contribution in [-0.2, 0) is 6.42 Å². The van der Waals surface area contributed by atoms with Crippen LogP contribution in [0.3, 0.4) is 0 Å². The van der Waals surface area contributed by atoms with Crippen molar-refractivity contribution in [3.63, 3.8) is 0 Å². The van der Waals surface area contributed by atoms with E-state index in [2.05, 4.69) is 37.1 Å². The highest BCUT2D eigenvalue weighted by Crippen LogP contribution is 2.14. The molecule has 102 valence electrons. The zero-order valence-electron chi connectivity index (χ0n) is 11.9. The Morgan fingerprint density at radius 1 is 1.28 bits per heavy atom. The molecule has 1 atom stereocenters. The van der Waals surface area contributed by atoms with Gasteiger partial charge in [-0.05, 0) is 49.9 Å². The highest BCUT2D eigenvalue weighted by Gasteiger charge is 2.05. The molecule has 0 saturated heterocycles. The van der Waals surface area contributed by atoms with E-state index in [1.165, 1.54) is 12.0 Å². The molecule has 0 aliphatic rings. The lowest BCUT2D eigenvalue weighted by atomic mass is 10.0. The van der Waals surface area contributed by atoms with E-state index in [1.54, 1.807) is 6.20 Å². The summed E-state index contributed by atoms with van der Waals surface area (Å²) in [6, 6.07) is 2.11. The summed E-state index contributed by atoms with van der Waals surface area (Å²) >= 11 is 0. The molecule has 3 nitrogen and oxygen atoms in total. The standard InChI is InChI=1S/C15H26N2O/c1-4-6-16-10-13(3)8-14-9-15(12-17-11-14)18-7-5-2/h9,11-13,16H,4-8,10H2,1-3H3. The summed E-state index contributed by atoms with van der Waals surface area (Å²) in [4.78, 5) is 4.24. The Hall–Kier alpha value is -1.09. The van der Waals surface area contributed by atoms with Crippen LogP contribution < -0.4 is 10.1 Å². The summed E-state index contributed by atoms with van der Waals surface area (Å²) in [6.07, 6.45) is 7.00. The van der Waals surface area contributed by atoms with Crippen molar-refractivity contribution in [2.75, 3.05) is 19.7 Å². The lowest BCUT2D eigenvalue weighted by molar-refractivity contribution is 0.315. The summed E-state index contributed by atoms with van der Waals surface area (Å²) in [6.45, 7) is 9.49. The molecule has 0 bridgehead atoms. The molecule has 0 aromatic carbocycles. The topological polar surface area (TPSA) is 34.2 Å². The molecule has 1 aromatic heterocycles. The Morgan fingerprint density at radius 2 is 2.11 bits per heavy atom. The second-order valence-electron chi connectivity index (χ2n) is 4.89. The number of aromatic nitrogens is 1. The molecule has 0 spiro atoms. The monoisotopic (exact) mass is 250 g/mol. The van der Waals surface area contributed by atoms with Crippen molar-refractivity contribution in [2.24, 2.45) is 5.92 Å². The Labute approximate surface area is 111 Å². The second kappa shape index (κ2) is 8.92. The van der Waals surface area contributed by atoms with Crippen molar-refractivity contribution in [2.45, 2.75) is 40.0 Å². The third-order valence-corrected chi connectivity index (χ3v) is 2.75. The number of nitrogens with zero attached hydrogens (tertiary/aromatic N) is 1. The third-order valence-electron chi connectivity index (χ3n) is 2.75. The third kappa shape index (κ3) is 6.01. The molecule has 3 heteroatoms. The maximum absolute atomic E-state index is 5.60. The number of hydrogen-bond donors (Lipinski definition) is 1. The zero-order chi connectivity index (χ0) is 13.2. The molecule has 1 rings (SSSR count). The predicted molar refractivity (Wildman–Crippen MR) is 76.1 cm³/mol. The van der Waals surface area contributed by atoms with Crippen LogP contribution in [0.5, 0.6) is 5.75 Å². The highest BCUT2D eigenvalue weighted by atomic mass is 16.5. The first-order valence-electron chi connectivity index (χ1n) is 7.03. The molecular formula is C15H26N2O. The normalized spacial score (nSPS) is 12.4. The van der Waals surface area contributed by atoms with E-state index in [-0.39, 0.29) is 0 Å². The molecule has 0 radical (unpaired) electrons. The van der Waals surface area contributed by atoms with Crippen LogP contribution in [0.4, 0.5) is 0 Å². The Morgan fingerprint density at radius 3 is 2.83 bits per heavy atom. The van der Waals surface area contributed by atoms with Gasteiger partial charge in [0.05, 0.1) is 12.8 Å². The molecule has 1 heterocycles. The average Bonchev–Trinajstić information content (AvgIpc) is 2.37. The first-order valence-corrected chi connectivity index (χ1v) is 7.03. The lowest BCUT2D eigenvalue weighted by Gasteiger charge is -2.13. The quantitative estimate of drug-likeness (QED) is 0.684. The van der Waals surface area contributed by atoms with Crippen molar-refractivity contribution in [1.82, 2.24) is 10.3 Å². The minimum atomic E-state index is 0.625. The molecule has 0 amide bonds. The maximum atomic E-state index is 5.60. The van der Waals surface area contributed by atoms with E-state index in [1.807, 2.05) is 6.20 Å². The van der Waals surface area contributed by atoms with Gasteiger partial charge in [-0.3, -0.25) is 4.98 Å². The van der Waals surface area contributed by atoms with E-state index in [4.69, 9.17) is 4.74 Å². The molecular weight excluding hydrogens is 224 g/mol. The number of rotatable bonds is 9. The van der Waals surface area contributed by atoms with Crippen LogP contribution in [-0.4, -0.2) is 24.7 Å². The predicted octanol–water partition coefficient (Wildman–Crippen LogP) is 3.05. The van der Waals surface area contributed by atoms with Gasteiger partial charge in [-0.25, -0.2) is 0 Å². The van der Waals surface area contributed by atoms with E-state index in [0.717, 1.165) is 38.3 Å². The fourth-order valence-corrected chi connectivity index (χ4v) is 1.87. The summed E-state index contributed by atoms with van der Waals surface area (Å²) in [5.41, 5.74) is 1.26. The van der Waals surface area contributed by atoms with E-state index >= 15 is 0 Å². The van der Waals surface area contributed by atoms with Gasteiger partial charge in [0.15, 0.2) is 0 Å².